The van der Waals surface area contributed by atoms with E-state index in [0.717, 1.165) is 21.7 Å². The van der Waals surface area contributed by atoms with Crippen LogP contribution in [0.15, 0.2) is 75.1 Å². The average molecular weight is 563 g/mol. The van der Waals surface area contributed by atoms with Gasteiger partial charge < -0.3 is 5.32 Å². The van der Waals surface area contributed by atoms with Gasteiger partial charge in [0.1, 0.15) is 8.42 Å². The molecule has 2 aromatic carbocycles. The van der Waals surface area contributed by atoms with Crippen molar-refractivity contribution >= 4 is 49.8 Å². The quantitative estimate of drug-likeness (QED) is 0.428. The number of fused-ring (bicyclic) bond motifs is 1. The molecule has 4 rings (SSSR count). The summed E-state index contributed by atoms with van der Waals surface area (Å²) in [5.74, 6) is 0. The molecule has 3 aromatic rings. The largest absolute Gasteiger partial charge is 0.310 e. The maximum Gasteiger partial charge on any atom is 0.244 e. The van der Waals surface area contributed by atoms with Crippen molar-refractivity contribution in [2.75, 3.05) is 6.54 Å². The molecule has 1 aliphatic heterocycles. The van der Waals surface area contributed by atoms with Gasteiger partial charge >= 0.3 is 0 Å². The van der Waals surface area contributed by atoms with Crippen molar-refractivity contribution in [1.29, 1.82) is 0 Å². The highest BCUT2D eigenvalue weighted by Gasteiger charge is 2.51. The number of rotatable bonds is 7. The Morgan fingerprint density at radius 3 is 2.00 bits per heavy atom. The molecule has 0 aliphatic carbocycles. The van der Waals surface area contributed by atoms with Crippen LogP contribution in [-0.2, 0) is 19.9 Å². The minimum Gasteiger partial charge on any atom is -0.310 e. The topological polar surface area (TPSA) is 92.3 Å². The molecule has 36 heavy (non-hydrogen) atoms. The van der Waals surface area contributed by atoms with E-state index < -0.39 is 38.4 Å². The Morgan fingerprint density at radius 2 is 1.53 bits per heavy atom. The van der Waals surface area contributed by atoms with Gasteiger partial charge in [-0.25, -0.2) is 21.2 Å². The highest BCUT2D eigenvalue weighted by molar-refractivity contribution is 7.96. The monoisotopic (exact) mass is 562 g/mol. The van der Waals surface area contributed by atoms with Gasteiger partial charge in [-0.2, -0.15) is 0 Å². The van der Waals surface area contributed by atoms with Gasteiger partial charge in [-0.3, -0.25) is 0 Å². The van der Waals surface area contributed by atoms with Gasteiger partial charge in [-0.1, -0.05) is 88.4 Å². The second kappa shape index (κ2) is 9.81. The van der Waals surface area contributed by atoms with Crippen LogP contribution < -0.4 is 20.1 Å². The molecule has 0 radical (unpaired) electrons. The fourth-order valence-corrected chi connectivity index (χ4v) is 17.5. The van der Waals surface area contributed by atoms with E-state index in [1.165, 1.54) is 0 Å². The Labute approximate surface area is 220 Å². The SMILES string of the molecule is CCN[C@H]1C[C@H](C)S(=O)(=O)c2sc(S(=O)(=O)N[Si](c3ccccc3)(c3ccccc3)C(C)(C)C)cc21. The first-order valence-electron chi connectivity index (χ1n) is 12.1. The van der Waals surface area contributed by atoms with Crippen molar-refractivity contribution in [3.8, 4) is 0 Å². The fraction of sp³-hybridized carbons (Fsp3) is 0.385. The lowest BCUT2D eigenvalue weighted by Crippen LogP contribution is -2.74. The van der Waals surface area contributed by atoms with Gasteiger partial charge in [-0.05, 0) is 41.4 Å². The van der Waals surface area contributed by atoms with Crippen LogP contribution in [0.5, 0.6) is 0 Å². The zero-order chi connectivity index (χ0) is 26.4. The lowest BCUT2D eigenvalue weighted by Gasteiger charge is -2.43. The first kappa shape index (κ1) is 27.2. The summed E-state index contributed by atoms with van der Waals surface area (Å²) in [6.07, 6.45) is 0.418. The summed E-state index contributed by atoms with van der Waals surface area (Å²) in [5, 5.41) is 4.21. The summed E-state index contributed by atoms with van der Waals surface area (Å²) in [5.41, 5.74) is 0.558. The lowest BCUT2D eigenvalue weighted by molar-refractivity contribution is 0.477. The number of hydrogen-bond donors (Lipinski definition) is 2. The standard InChI is InChI=1S/C26H34N2O4S3Si/c1-6-27-23-17-19(2)34(29,30)25-22(23)18-24(33-25)35(31,32)28-36(26(3,4)5,20-13-9-7-10-14-20)21-15-11-8-12-16-21/h7-16,18-19,23,27-28H,6,17H2,1-5H3/t19-,23-/m0/s1. The van der Waals surface area contributed by atoms with Crippen molar-refractivity contribution in [3.05, 3.63) is 72.3 Å². The van der Waals surface area contributed by atoms with E-state index in [0.29, 0.717) is 18.5 Å². The molecule has 0 unspecified atom stereocenters. The Morgan fingerprint density at radius 1 is 1.00 bits per heavy atom. The fourth-order valence-electron chi connectivity index (χ4n) is 5.10. The van der Waals surface area contributed by atoms with E-state index in [-0.39, 0.29) is 14.5 Å². The van der Waals surface area contributed by atoms with Crippen LogP contribution in [0, 0.1) is 0 Å². The maximum absolute atomic E-state index is 14.1. The smallest absolute Gasteiger partial charge is 0.244 e. The molecule has 0 saturated carbocycles. The highest BCUT2D eigenvalue weighted by atomic mass is 32.3. The molecule has 6 nitrogen and oxygen atoms in total. The normalized spacial score (nSPS) is 20.1. The van der Waals surface area contributed by atoms with Crippen molar-refractivity contribution in [3.63, 3.8) is 0 Å². The van der Waals surface area contributed by atoms with E-state index in [1.54, 1.807) is 13.0 Å². The summed E-state index contributed by atoms with van der Waals surface area (Å²) in [4.78, 5) is 0. The molecular formula is C26H34N2O4S3Si. The van der Waals surface area contributed by atoms with Gasteiger partial charge in [0.2, 0.25) is 18.3 Å². The first-order chi connectivity index (χ1) is 16.8. The lowest BCUT2D eigenvalue weighted by atomic mass is 10.1. The molecule has 0 spiro atoms. The number of nitrogens with one attached hydrogen (secondary N) is 2. The number of sulfone groups is 1. The van der Waals surface area contributed by atoms with Gasteiger partial charge in [-0.15, -0.1) is 11.3 Å². The zero-order valence-electron chi connectivity index (χ0n) is 21.3. The Kier molecular flexibility index (Phi) is 7.42. The van der Waals surface area contributed by atoms with E-state index >= 15 is 0 Å². The molecule has 2 heterocycles. The zero-order valence-corrected chi connectivity index (χ0v) is 24.7. The van der Waals surface area contributed by atoms with E-state index in [4.69, 9.17) is 0 Å². The summed E-state index contributed by atoms with van der Waals surface area (Å²) in [6, 6.07) is 20.9. The Bertz CT molecular complexity index is 1390. The minimum absolute atomic E-state index is 0.0427. The second-order valence-electron chi connectivity index (χ2n) is 10.3. The average Bonchev–Trinajstić information content (AvgIpc) is 3.30. The Hall–Kier alpha value is -1.82. The van der Waals surface area contributed by atoms with E-state index in [9.17, 15) is 16.8 Å². The maximum atomic E-state index is 14.1. The second-order valence-corrected chi connectivity index (χ2v) is 20.6. The first-order valence-corrected chi connectivity index (χ1v) is 17.9. The van der Waals surface area contributed by atoms with Crippen LogP contribution in [0.3, 0.4) is 0 Å². The minimum atomic E-state index is -4.06. The molecule has 0 fully saturated rings. The van der Waals surface area contributed by atoms with Crippen LogP contribution >= 0.6 is 11.3 Å². The van der Waals surface area contributed by atoms with Crippen molar-refractivity contribution in [1.82, 2.24) is 9.70 Å². The third-order valence-electron chi connectivity index (χ3n) is 6.97. The third-order valence-corrected chi connectivity index (χ3v) is 19.2. The molecule has 194 valence electrons. The van der Waals surface area contributed by atoms with Crippen LogP contribution in [0.25, 0.3) is 0 Å². The molecule has 2 atom stereocenters. The number of thiophene rings is 1. The number of sulfonamides is 1. The van der Waals surface area contributed by atoms with E-state index in [1.807, 2.05) is 67.6 Å². The van der Waals surface area contributed by atoms with Crippen LogP contribution in [-0.4, -0.2) is 36.9 Å². The van der Waals surface area contributed by atoms with Crippen LogP contribution in [0.1, 0.15) is 52.6 Å². The third kappa shape index (κ3) is 4.63. The highest BCUT2D eigenvalue weighted by Crippen LogP contribution is 2.43. The molecule has 1 aromatic heterocycles. The number of benzene rings is 2. The molecule has 2 N–H and O–H groups in total. The van der Waals surface area contributed by atoms with Crippen molar-refractivity contribution < 1.29 is 16.8 Å². The molecule has 0 bridgehead atoms. The molecule has 1 aliphatic rings. The van der Waals surface area contributed by atoms with Crippen molar-refractivity contribution in [2.45, 2.75) is 65.8 Å². The number of hydrogen-bond acceptors (Lipinski definition) is 6. The van der Waals surface area contributed by atoms with E-state index in [2.05, 4.69) is 30.5 Å². The summed E-state index contributed by atoms with van der Waals surface area (Å²) in [6.45, 7) is 10.5. The summed E-state index contributed by atoms with van der Waals surface area (Å²) < 4.78 is 58.0. The predicted octanol–water partition coefficient (Wildman–Crippen LogP) is 3.80. The van der Waals surface area contributed by atoms with Gasteiger partial charge in [0.05, 0.1) is 5.25 Å². The van der Waals surface area contributed by atoms with Gasteiger partial charge in [0.25, 0.3) is 0 Å². The molecule has 0 amide bonds. The molecular weight excluding hydrogens is 529 g/mol. The van der Waals surface area contributed by atoms with Crippen LogP contribution in [0.4, 0.5) is 0 Å². The summed E-state index contributed by atoms with van der Waals surface area (Å²) >= 11 is 0.868. The summed E-state index contributed by atoms with van der Waals surface area (Å²) in [7, 11) is -10.8. The van der Waals surface area contributed by atoms with Gasteiger partial charge in [0.15, 0.2) is 9.84 Å². The molecule has 0 saturated heterocycles. The predicted molar refractivity (Wildman–Crippen MR) is 150 cm³/mol. The van der Waals surface area contributed by atoms with Crippen LogP contribution in [0.2, 0.25) is 5.04 Å². The Balaban J connectivity index is 1.91. The van der Waals surface area contributed by atoms with Gasteiger partial charge in [0, 0.05) is 11.6 Å². The molecule has 10 heteroatoms. The van der Waals surface area contributed by atoms with Crippen molar-refractivity contribution in [2.24, 2.45) is 0 Å².